The Bertz CT molecular complexity index is 510. The molecule has 1 aromatic heterocycles. The van der Waals surface area contributed by atoms with E-state index in [1.165, 1.54) is 0 Å². The van der Waals surface area contributed by atoms with Crippen molar-refractivity contribution in [2.24, 2.45) is 0 Å². The molecule has 2 rings (SSSR count). The van der Waals surface area contributed by atoms with E-state index in [9.17, 15) is 0 Å². The minimum Gasteiger partial charge on any atom is -0.491 e. The minimum absolute atomic E-state index is 0.0319. The molecule has 2 aromatic rings. The average molecular weight is 274 g/mol. The molecule has 0 aliphatic heterocycles. The fourth-order valence-corrected chi connectivity index (χ4v) is 2.07. The summed E-state index contributed by atoms with van der Waals surface area (Å²) >= 11 is 0. The summed E-state index contributed by atoms with van der Waals surface area (Å²) in [5.74, 6) is 0.879. The second kappa shape index (κ2) is 7.05. The van der Waals surface area contributed by atoms with E-state index in [4.69, 9.17) is 4.74 Å². The molecule has 0 saturated carbocycles. The predicted octanol–water partition coefficient (Wildman–Crippen LogP) is 2.68. The van der Waals surface area contributed by atoms with Crippen LogP contribution >= 0.6 is 0 Å². The lowest BCUT2D eigenvalue weighted by Crippen LogP contribution is -2.23. The molecule has 1 atom stereocenters. The third-order valence-corrected chi connectivity index (χ3v) is 2.89. The molecule has 0 spiro atoms. The van der Waals surface area contributed by atoms with Gasteiger partial charge in [-0.2, -0.15) is 15.4 Å². The van der Waals surface area contributed by atoms with Gasteiger partial charge in [0.2, 0.25) is 0 Å². The van der Waals surface area contributed by atoms with Gasteiger partial charge in [0.1, 0.15) is 11.4 Å². The van der Waals surface area contributed by atoms with Gasteiger partial charge >= 0.3 is 0 Å². The van der Waals surface area contributed by atoms with Crippen molar-refractivity contribution in [2.75, 3.05) is 6.54 Å². The molecule has 0 bridgehead atoms. The van der Waals surface area contributed by atoms with Gasteiger partial charge in [-0.05, 0) is 44.5 Å². The summed E-state index contributed by atoms with van der Waals surface area (Å²) in [6.45, 7) is 7.12. The van der Waals surface area contributed by atoms with E-state index in [0.29, 0.717) is 0 Å². The number of ether oxygens (including phenoxy) is 1. The lowest BCUT2D eigenvalue weighted by molar-refractivity contribution is 0.242. The molecule has 0 radical (unpaired) electrons. The van der Waals surface area contributed by atoms with Crippen LogP contribution in [-0.4, -0.2) is 28.1 Å². The van der Waals surface area contributed by atoms with Crippen LogP contribution in [0.2, 0.25) is 0 Å². The summed E-state index contributed by atoms with van der Waals surface area (Å²) in [7, 11) is 0. The highest BCUT2D eigenvalue weighted by atomic mass is 16.5. The third kappa shape index (κ3) is 3.81. The molecule has 5 nitrogen and oxygen atoms in total. The first-order valence-corrected chi connectivity index (χ1v) is 7.06. The molecular formula is C15H22N4O. The average Bonchev–Trinajstić information content (AvgIpc) is 2.93. The van der Waals surface area contributed by atoms with E-state index in [1.54, 1.807) is 6.20 Å². The van der Waals surface area contributed by atoms with E-state index in [0.717, 1.165) is 30.0 Å². The molecule has 0 aliphatic carbocycles. The van der Waals surface area contributed by atoms with Gasteiger partial charge in [-0.1, -0.05) is 19.1 Å². The molecule has 2 N–H and O–H groups in total. The van der Waals surface area contributed by atoms with Crippen LogP contribution in [0.1, 0.15) is 44.5 Å². The SMILES string of the molecule is CCCNC(c1cccc(OC(C)C)c1)c1cn[nH]n1. The monoisotopic (exact) mass is 274 g/mol. The number of hydrogen-bond donors (Lipinski definition) is 2. The van der Waals surface area contributed by atoms with Gasteiger partial charge in [-0.15, -0.1) is 0 Å². The molecule has 1 unspecified atom stereocenters. The molecule has 5 heteroatoms. The van der Waals surface area contributed by atoms with Gasteiger partial charge < -0.3 is 10.1 Å². The Morgan fingerprint density at radius 3 is 2.85 bits per heavy atom. The number of nitrogens with zero attached hydrogens (tertiary/aromatic N) is 2. The fraction of sp³-hybridized carbons (Fsp3) is 0.467. The molecule has 0 fully saturated rings. The molecule has 0 amide bonds. The van der Waals surface area contributed by atoms with E-state index < -0.39 is 0 Å². The maximum Gasteiger partial charge on any atom is 0.120 e. The van der Waals surface area contributed by atoms with Crippen molar-refractivity contribution >= 4 is 0 Å². The Kier molecular flexibility index (Phi) is 5.12. The Balaban J connectivity index is 2.24. The van der Waals surface area contributed by atoms with Gasteiger partial charge in [0.25, 0.3) is 0 Å². The largest absolute Gasteiger partial charge is 0.491 e. The molecule has 0 saturated heterocycles. The standard InChI is InChI=1S/C15H22N4O/c1-4-8-16-15(14-10-17-19-18-14)12-6-5-7-13(9-12)20-11(2)3/h5-7,9-11,15-16H,4,8H2,1-3H3,(H,17,18,19). The first kappa shape index (κ1) is 14.5. The molecule has 20 heavy (non-hydrogen) atoms. The van der Waals surface area contributed by atoms with Gasteiger partial charge in [0, 0.05) is 0 Å². The van der Waals surface area contributed by atoms with E-state index in [-0.39, 0.29) is 12.1 Å². The number of hydrogen-bond acceptors (Lipinski definition) is 4. The topological polar surface area (TPSA) is 62.8 Å². The van der Waals surface area contributed by atoms with Gasteiger partial charge in [0.15, 0.2) is 0 Å². The summed E-state index contributed by atoms with van der Waals surface area (Å²) in [6, 6.07) is 8.15. The van der Waals surface area contributed by atoms with Crippen LogP contribution in [0.15, 0.2) is 30.5 Å². The number of aromatic nitrogens is 3. The van der Waals surface area contributed by atoms with Crippen LogP contribution in [0.3, 0.4) is 0 Å². The zero-order valence-electron chi connectivity index (χ0n) is 12.3. The van der Waals surface area contributed by atoms with Crippen LogP contribution in [0.25, 0.3) is 0 Å². The van der Waals surface area contributed by atoms with Crippen LogP contribution < -0.4 is 10.1 Å². The number of aromatic amines is 1. The highest BCUT2D eigenvalue weighted by molar-refractivity contribution is 5.34. The van der Waals surface area contributed by atoms with Crippen LogP contribution in [0.5, 0.6) is 5.75 Å². The second-order valence-corrected chi connectivity index (χ2v) is 5.02. The third-order valence-electron chi connectivity index (χ3n) is 2.89. The first-order chi connectivity index (χ1) is 9.70. The van der Waals surface area contributed by atoms with Crippen molar-refractivity contribution in [3.63, 3.8) is 0 Å². The van der Waals surface area contributed by atoms with Crippen molar-refractivity contribution in [3.8, 4) is 5.75 Å². The van der Waals surface area contributed by atoms with E-state index in [2.05, 4.69) is 39.8 Å². The quantitative estimate of drug-likeness (QED) is 0.815. The van der Waals surface area contributed by atoms with Crippen molar-refractivity contribution in [1.82, 2.24) is 20.7 Å². The van der Waals surface area contributed by atoms with Gasteiger partial charge in [-0.25, -0.2) is 0 Å². The molecule has 108 valence electrons. The van der Waals surface area contributed by atoms with Gasteiger partial charge in [0.05, 0.1) is 18.3 Å². The smallest absolute Gasteiger partial charge is 0.120 e. The van der Waals surface area contributed by atoms with Crippen molar-refractivity contribution in [1.29, 1.82) is 0 Å². The lowest BCUT2D eigenvalue weighted by atomic mass is 10.0. The maximum absolute atomic E-state index is 5.76. The number of nitrogens with one attached hydrogen (secondary N) is 2. The van der Waals surface area contributed by atoms with Gasteiger partial charge in [-0.3, -0.25) is 0 Å². The predicted molar refractivity (Wildman–Crippen MR) is 78.7 cm³/mol. The first-order valence-electron chi connectivity index (χ1n) is 7.06. The van der Waals surface area contributed by atoms with Crippen molar-refractivity contribution in [3.05, 3.63) is 41.7 Å². The lowest BCUT2D eigenvalue weighted by Gasteiger charge is -2.18. The summed E-state index contributed by atoms with van der Waals surface area (Å²) < 4.78 is 5.76. The van der Waals surface area contributed by atoms with Crippen LogP contribution in [0, 0.1) is 0 Å². The van der Waals surface area contributed by atoms with Crippen LogP contribution in [0.4, 0.5) is 0 Å². The molecule has 0 aliphatic rings. The molecule has 1 aromatic carbocycles. The zero-order chi connectivity index (χ0) is 14.4. The summed E-state index contributed by atoms with van der Waals surface area (Å²) in [6.07, 6.45) is 2.99. The molecule has 1 heterocycles. The van der Waals surface area contributed by atoms with E-state index in [1.807, 2.05) is 26.0 Å². The Morgan fingerprint density at radius 2 is 2.20 bits per heavy atom. The van der Waals surface area contributed by atoms with E-state index >= 15 is 0 Å². The normalized spacial score (nSPS) is 12.6. The Labute approximate surface area is 119 Å². The zero-order valence-corrected chi connectivity index (χ0v) is 12.3. The highest BCUT2D eigenvalue weighted by Crippen LogP contribution is 2.24. The summed E-state index contributed by atoms with van der Waals surface area (Å²) in [5.41, 5.74) is 2.02. The van der Waals surface area contributed by atoms with Crippen molar-refractivity contribution < 1.29 is 4.74 Å². The Morgan fingerprint density at radius 1 is 1.35 bits per heavy atom. The summed E-state index contributed by atoms with van der Waals surface area (Å²) in [5, 5.41) is 14.3. The highest BCUT2D eigenvalue weighted by Gasteiger charge is 2.16. The number of rotatable bonds is 7. The van der Waals surface area contributed by atoms with Crippen molar-refractivity contribution in [2.45, 2.75) is 39.3 Å². The number of H-pyrrole nitrogens is 1. The van der Waals surface area contributed by atoms with Crippen LogP contribution in [-0.2, 0) is 0 Å². The summed E-state index contributed by atoms with van der Waals surface area (Å²) in [4.78, 5) is 0. The Hall–Kier alpha value is -1.88. The maximum atomic E-state index is 5.76. The molecular weight excluding hydrogens is 252 g/mol. The fourth-order valence-electron chi connectivity index (χ4n) is 2.07. The minimum atomic E-state index is 0.0319. The second-order valence-electron chi connectivity index (χ2n) is 5.02. The number of benzene rings is 1.